The van der Waals surface area contributed by atoms with Crippen molar-refractivity contribution in [2.24, 2.45) is 5.92 Å². The average Bonchev–Trinajstić information content (AvgIpc) is 2.52. The quantitative estimate of drug-likeness (QED) is 0.849. The Morgan fingerprint density at radius 2 is 2.10 bits per heavy atom. The number of ether oxygens (including phenoxy) is 2. The standard InChI is InChI=1S/C16H22ClNO3/c1-20-15-8-7-12(17)9-11(15)10-18-14-6-4-3-5-13(14)16(19)21-2/h7-9,13-14,18H,3-6,10H2,1-2H3/t13-,14+/m0/s1. The van der Waals surface area contributed by atoms with E-state index in [1.165, 1.54) is 7.11 Å². The van der Waals surface area contributed by atoms with E-state index in [-0.39, 0.29) is 17.9 Å². The fraction of sp³-hybridized carbons (Fsp3) is 0.562. The summed E-state index contributed by atoms with van der Waals surface area (Å²) in [5.74, 6) is 0.622. The molecule has 0 amide bonds. The number of benzene rings is 1. The second kappa shape index (κ2) is 7.66. The van der Waals surface area contributed by atoms with E-state index < -0.39 is 0 Å². The third kappa shape index (κ3) is 4.11. The summed E-state index contributed by atoms with van der Waals surface area (Å²) >= 11 is 6.04. The van der Waals surface area contributed by atoms with Gasteiger partial charge in [0.2, 0.25) is 0 Å². The smallest absolute Gasteiger partial charge is 0.310 e. The molecule has 116 valence electrons. The molecule has 0 bridgehead atoms. The molecule has 0 aromatic heterocycles. The van der Waals surface area contributed by atoms with Crippen LogP contribution in [-0.4, -0.2) is 26.2 Å². The molecule has 1 aliphatic rings. The molecule has 1 aliphatic carbocycles. The van der Waals surface area contributed by atoms with Crippen molar-refractivity contribution in [2.75, 3.05) is 14.2 Å². The number of esters is 1. The Labute approximate surface area is 130 Å². The van der Waals surface area contributed by atoms with Gasteiger partial charge >= 0.3 is 5.97 Å². The molecule has 1 N–H and O–H groups in total. The van der Waals surface area contributed by atoms with Crippen LogP contribution in [0.15, 0.2) is 18.2 Å². The van der Waals surface area contributed by atoms with Crippen LogP contribution in [0, 0.1) is 5.92 Å². The Hall–Kier alpha value is -1.26. The molecule has 0 spiro atoms. The van der Waals surface area contributed by atoms with Gasteiger partial charge in [0.05, 0.1) is 20.1 Å². The summed E-state index contributed by atoms with van der Waals surface area (Å²) in [4.78, 5) is 11.9. The van der Waals surface area contributed by atoms with Crippen LogP contribution in [0.3, 0.4) is 0 Å². The van der Waals surface area contributed by atoms with E-state index in [2.05, 4.69) is 5.32 Å². The van der Waals surface area contributed by atoms with E-state index in [1.807, 2.05) is 18.2 Å². The number of rotatable bonds is 5. The summed E-state index contributed by atoms with van der Waals surface area (Å²) in [6, 6.07) is 5.71. The first-order valence-electron chi connectivity index (χ1n) is 7.29. The van der Waals surface area contributed by atoms with Crippen LogP contribution in [0.5, 0.6) is 5.75 Å². The van der Waals surface area contributed by atoms with Gasteiger partial charge in [0.1, 0.15) is 5.75 Å². The zero-order valence-corrected chi connectivity index (χ0v) is 13.3. The van der Waals surface area contributed by atoms with E-state index in [4.69, 9.17) is 21.1 Å². The molecular formula is C16H22ClNO3. The summed E-state index contributed by atoms with van der Waals surface area (Å²) < 4.78 is 10.3. The Balaban J connectivity index is 2.03. The third-order valence-corrected chi connectivity index (χ3v) is 4.30. The molecule has 1 aromatic rings. The van der Waals surface area contributed by atoms with Crippen molar-refractivity contribution in [1.82, 2.24) is 5.32 Å². The molecule has 0 saturated heterocycles. The second-order valence-corrected chi connectivity index (χ2v) is 5.79. The molecule has 2 atom stereocenters. The van der Waals surface area contributed by atoms with Crippen molar-refractivity contribution in [3.63, 3.8) is 0 Å². The molecule has 0 radical (unpaired) electrons. The maximum Gasteiger partial charge on any atom is 0.310 e. The normalized spacial score (nSPS) is 21.9. The molecule has 0 aliphatic heterocycles. The lowest BCUT2D eigenvalue weighted by atomic mass is 9.84. The molecule has 5 heteroatoms. The lowest BCUT2D eigenvalue weighted by molar-refractivity contribution is -0.147. The van der Waals surface area contributed by atoms with Crippen molar-refractivity contribution < 1.29 is 14.3 Å². The van der Waals surface area contributed by atoms with E-state index in [1.54, 1.807) is 7.11 Å². The van der Waals surface area contributed by atoms with Crippen LogP contribution in [0.25, 0.3) is 0 Å². The maximum absolute atomic E-state index is 11.9. The van der Waals surface area contributed by atoms with Gasteiger partial charge in [-0.1, -0.05) is 24.4 Å². The van der Waals surface area contributed by atoms with Gasteiger partial charge in [0, 0.05) is 23.2 Å². The van der Waals surface area contributed by atoms with Gasteiger partial charge in [-0.2, -0.15) is 0 Å². The molecule has 21 heavy (non-hydrogen) atoms. The minimum absolute atomic E-state index is 0.0612. The Kier molecular flexibility index (Phi) is 5.88. The first kappa shape index (κ1) is 16.1. The van der Waals surface area contributed by atoms with Crippen LogP contribution in [0.1, 0.15) is 31.2 Å². The summed E-state index contributed by atoms with van der Waals surface area (Å²) in [6.07, 6.45) is 4.09. The summed E-state index contributed by atoms with van der Waals surface area (Å²) in [5, 5.41) is 4.15. The molecule has 2 rings (SSSR count). The second-order valence-electron chi connectivity index (χ2n) is 5.36. The Bertz CT molecular complexity index is 492. The minimum Gasteiger partial charge on any atom is -0.496 e. The monoisotopic (exact) mass is 311 g/mol. The third-order valence-electron chi connectivity index (χ3n) is 4.07. The predicted molar refractivity (Wildman–Crippen MR) is 82.6 cm³/mol. The van der Waals surface area contributed by atoms with Crippen LogP contribution in [0.2, 0.25) is 5.02 Å². The molecule has 1 saturated carbocycles. The number of hydrogen-bond acceptors (Lipinski definition) is 4. The summed E-state index contributed by atoms with van der Waals surface area (Å²) in [7, 11) is 3.10. The van der Waals surface area contributed by atoms with Crippen molar-refractivity contribution in [3.8, 4) is 5.75 Å². The van der Waals surface area contributed by atoms with Crippen molar-refractivity contribution >= 4 is 17.6 Å². The Morgan fingerprint density at radius 1 is 1.33 bits per heavy atom. The van der Waals surface area contributed by atoms with Gasteiger partial charge in [-0.25, -0.2) is 0 Å². The van der Waals surface area contributed by atoms with Gasteiger partial charge in [0.15, 0.2) is 0 Å². The van der Waals surface area contributed by atoms with E-state index in [0.717, 1.165) is 37.0 Å². The summed E-state index contributed by atoms with van der Waals surface area (Å²) in [5.41, 5.74) is 0.999. The SMILES string of the molecule is COC(=O)[C@H]1CCCC[C@H]1NCc1cc(Cl)ccc1OC. The molecule has 0 heterocycles. The number of hydrogen-bond donors (Lipinski definition) is 1. The number of nitrogens with one attached hydrogen (secondary N) is 1. The van der Waals surface area contributed by atoms with Crippen LogP contribution in [-0.2, 0) is 16.1 Å². The molecule has 1 fully saturated rings. The first-order valence-corrected chi connectivity index (χ1v) is 7.67. The fourth-order valence-corrected chi connectivity index (χ4v) is 3.13. The highest BCUT2D eigenvalue weighted by Crippen LogP contribution is 2.27. The molecule has 4 nitrogen and oxygen atoms in total. The number of halogens is 1. The van der Waals surface area contributed by atoms with Gasteiger partial charge in [0.25, 0.3) is 0 Å². The zero-order valence-electron chi connectivity index (χ0n) is 12.5. The van der Waals surface area contributed by atoms with Crippen molar-refractivity contribution in [1.29, 1.82) is 0 Å². The van der Waals surface area contributed by atoms with E-state index in [0.29, 0.717) is 11.6 Å². The molecular weight excluding hydrogens is 290 g/mol. The van der Waals surface area contributed by atoms with Crippen LogP contribution in [0.4, 0.5) is 0 Å². The highest BCUT2D eigenvalue weighted by atomic mass is 35.5. The van der Waals surface area contributed by atoms with Crippen LogP contribution >= 0.6 is 11.6 Å². The topological polar surface area (TPSA) is 47.6 Å². The highest BCUT2D eigenvalue weighted by Gasteiger charge is 2.31. The van der Waals surface area contributed by atoms with Crippen molar-refractivity contribution in [2.45, 2.75) is 38.3 Å². The largest absolute Gasteiger partial charge is 0.496 e. The first-order chi connectivity index (χ1) is 10.2. The highest BCUT2D eigenvalue weighted by molar-refractivity contribution is 6.30. The zero-order chi connectivity index (χ0) is 15.2. The van der Waals surface area contributed by atoms with E-state index >= 15 is 0 Å². The van der Waals surface area contributed by atoms with Crippen molar-refractivity contribution in [3.05, 3.63) is 28.8 Å². The predicted octanol–water partition coefficient (Wildman–Crippen LogP) is 3.17. The number of methoxy groups -OCH3 is 2. The van der Waals surface area contributed by atoms with Gasteiger partial charge in [-0.15, -0.1) is 0 Å². The average molecular weight is 312 g/mol. The maximum atomic E-state index is 11.9. The summed E-state index contributed by atoms with van der Waals surface area (Å²) in [6.45, 7) is 0.627. The van der Waals surface area contributed by atoms with Crippen LogP contribution < -0.4 is 10.1 Å². The van der Waals surface area contributed by atoms with Gasteiger partial charge in [-0.05, 0) is 31.0 Å². The van der Waals surface area contributed by atoms with Gasteiger partial charge < -0.3 is 14.8 Å². The lowest BCUT2D eigenvalue weighted by Gasteiger charge is -2.30. The van der Waals surface area contributed by atoms with E-state index in [9.17, 15) is 4.79 Å². The number of carbonyl (C=O) groups excluding carboxylic acids is 1. The lowest BCUT2D eigenvalue weighted by Crippen LogP contribution is -2.42. The van der Waals surface area contributed by atoms with Gasteiger partial charge in [-0.3, -0.25) is 4.79 Å². The minimum atomic E-state index is -0.120. The fourth-order valence-electron chi connectivity index (χ4n) is 2.94. The molecule has 1 aromatic carbocycles. The molecule has 0 unspecified atom stereocenters. The Morgan fingerprint density at radius 3 is 2.81 bits per heavy atom. The number of carbonyl (C=O) groups is 1.